The van der Waals surface area contributed by atoms with Crippen molar-refractivity contribution in [3.05, 3.63) is 70.4 Å². The highest BCUT2D eigenvalue weighted by Crippen LogP contribution is 2.40. The summed E-state index contributed by atoms with van der Waals surface area (Å²) in [5.74, 6) is -5.48. The topological polar surface area (TPSA) is 375 Å². The van der Waals surface area contributed by atoms with Gasteiger partial charge in [-0.1, -0.05) is 6.07 Å². The van der Waals surface area contributed by atoms with Gasteiger partial charge in [-0.2, -0.15) is 0 Å². The SMILES string of the molecule is C[C@@H]1O[C@@H](O[C@H]2[C@H](Oc3c(-c4ccc(O)c(O)c4)oc4cc(OC5O[C@H](CO)[C@@H](O)[C@H](O)[C@H]5O)cc(O)c4c3=O)OC[C@H](O)[C@@H]2O)[C@H](O)[C@H](O)[C@H]1OC(=O)/C=C/c1ccc(O)c(O)c1. The van der Waals surface area contributed by atoms with E-state index in [0.29, 0.717) is 5.56 Å². The van der Waals surface area contributed by atoms with Gasteiger partial charge in [0.1, 0.15) is 71.3 Å². The number of carbonyl (C=O) groups is 1. The quantitative estimate of drug-likeness (QED) is 0.0444. The van der Waals surface area contributed by atoms with Gasteiger partial charge in [0.05, 0.1) is 19.3 Å². The minimum absolute atomic E-state index is 0.127. The van der Waals surface area contributed by atoms with Crippen molar-refractivity contribution in [3.63, 3.8) is 0 Å². The van der Waals surface area contributed by atoms with Crippen LogP contribution in [0.15, 0.2) is 63.8 Å². The van der Waals surface area contributed by atoms with Crippen LogP contribution in [0.3, 0.4) is 0 Å². The summed E-state index contributed by atoms with van der Waals surface area (Å²) in [6, 6.07) is 8.91. The average molecular weight is 905 g/mol. The van der Waals surface area contributed by atoms with Crippen molar-refractivity contribution in [2.75, 3.05) is 13.2 Å². The molecule has 4 heterocycles. The number of esters is 1. The Hall–Kier alpha value is -5.80. The Balaban J connectivity index is 1.16. The molecule has 64 heavy (non-hydrogen) atoms. The van der Waals surface area contributed by atoms with Crippen molar-refractivity contribution in [2.24, 2.45) is 0 Å². The third-order valence-electron chi connectivity index (χ3n) is 10.6. The monoisotopic (exact) mass is 904 g/mol. The molecule has 1 aromatic heterocycles. The highest BCUT2D eigenvalue weighted by molar-refractivity contribution is 5.89. The van der Waals surface area contributed by atoms with Crippen molar-refractivity contribution in [2.45, 2.75) is 92.9 Å². The lowest BCUT2D eigenvalue weighted by Gasteiger charge is -2.44. The van der Waals surface area contributed by atoms with E-state index in [-0.39, 0.29) is 17.1 Å². The van der Waals surface area contributed by atoms with E-state index in [9.17, 15) is 76.0 Å². The van der Waals surface area contributed by atoms with Crippen molar-refractivity contribution in [1.29, 1.82) is 0 Å². The zero-order chi connectivity index (χ0) is 46.3. The molecule has 7 rings (SSSR count). The largest absolute Gasteiger partial charge is 0.507 e. The van der Waals surface area contributed by atoms with Crippen molar-refractivity contribution in [3.8, 4) is 51.6 Å². The van der Waals surface area contributed by atoms with Crippen LogP contribution in [0.2, 0.25) is 0 Å². The summed E-state index contributed by atoms with van der Waals surface area (Å²) in [4.78, 5) is 27.0. The van der Waals surface area contributed by atoms with Gasteiger partial charge in [-0.05, 0) is 48.9 Å². The molecule has 346 valence electrons. The molecule has 14 atom stereocenters. The molecular weight excluding hydrogens is 860 g/mol. The standard InChI is InChI=1S/C41H44O23/c1-14-35(62-26(49)7-3-15-2-5-18(43)20(45)8-15)32(54)34(56)39(58-14)64-38-28(50)23(48)13-57-41(38)63-37-30(52)27-22(47)10-17(59-40-33(55)31(53)29(51)25(12-42)61-40)11-24(27)60-36(37)16-4-6-19(44)21(46)9-16/h2-11,14,23,25,28-29,31-35,38-48,50-51,53-56H,12-13H2,1H3/b7-3+/t14-,23-,25+,28-,29+,31-,32-,33+,34+,35-,38+,39-,40?,41-/m0/s1. The fourth-order valence-electron chi connectivity index (χ4n) is 7.13. The highest BCUT2D eigenvalue weighted by Gasteiger charge is 2.50. The summed E-state index contributed by atoms with van der Waals surface area (Å²) in [5.41, 5.74) is -1.36. The van der Waals surface area contributed by atoms with E-state index in [1.807, 2.05) is 0 Å². The molecule has 3 aromatic carbocycles. The zero-order valence-electron chi connectivity index (χ0n) is 33.2. The van der Waals surface area contributed by atoms with E-state index in [4.69, 9.17) is 37.6 Å². The van der Waals surface area contributed by atoms with Crippen LogP contribution in [0.5, 0.6) is 40.2 Å². The van der Waals surface area contributed by atoms with Crippen LogP contribution < -0.4 is 14.9 Å². The highest BCUT2D eigenvalue weighted by atomic mass is 16.8. The third kappa shape index (κ3) is 9.23. The lowest BCUT2D eigenvalue weighted by molar-refractivity contribution is -0.345. The summed E-state index contributed by atoms with van der Waals surface area (Å²) < 4.78 is 45.5. The van der Waals surface area contributed by atoms with Crippen LogP contribution in [0.1, 0.15) is 12.5 Å². The number of phenols is 5. The van der Waals surface area contributed by atoms with Crippen LogP contribution in [0, 0.1) is 0 Å². The van der Waals surface area contributed by atoms with Gasteiger partial charge in [0, 0.05) is 23.8 Å². The average Bonchev–Trinajstić information content (AvgIpc) is 3.26. The Bertz CT molecular complexity index is 2420. The van der Waals surface area contributed by atoms with Crippen molar-refractivity contribution in [1.82, 2.24) is 0 Å². The Labute approximate surface area is 359 Å². The number of carbonyl (C=O) groups excluding carboxylic acids is 1. The molecule has 23 heteroatoms. The molecular formula is C41H44O23. The fraction of sp³-hybridized carbons (Fsp3) is 0.415. The molecule has 3 fully saturated rings. The summed E-state index contributed by atoms with van der Waals surface area (Å²) in [7, 11) is 0. The fourth-order valence-corrected chi connectivity index (χ4v) is 7.13. The number of aromatic hydroxyl groups is 5. The Morgan fingerprint density at radius 2 is 1.41 bits per heavy atom. The zero-order valence-corrected chi connectivity index (χ0v) is 33.2. The maximum atomic E-state index is 14.3. The maximum absolute atomic E-state index is 14.3. The first kappa shape index (κ1) is 46.2. The van der Waals surface area contributed by atoms with Gasteiger partial charge < -0.3 is 104 Å². The maximum Gasteiger partial charge on any atom is 0.331 e. The number of ether oxygens (including phenoxy) is 7. The molecule has 1 unspecified atom stereocenters. The number of fused-ring (bicyclic) bond motifs is 1. The molecule has 0 spiro atoms. The van der Waals surface area contributed by atoms with E-state index in [1.54, 1.807) is 0 Å². The summed E-state index contributed by atoms with van der Waals surface area (Å²) in [6.07, 6.45) is -22.0. The summed E-state index contributed by atoms with van der Waals surface area (Å²) in [6.45, 7) is -0.0366. The van der Waals surface area contributed by atoms with Gasteiger partial charge in [-0.25, -0.2) is 4.79 Å². The number of hydrogen-bond donors (Lipinski definition) is 13. The number of aliphatic hydroxyl groups excluding tert-OH is 8. The van der Waals surface area contributed by atoms with Crippen LogP contribution in [0.25, 0.3) is 28.4 Å². The van der Waals surface area contributed by atoms with E-state index in [1.165, 1.54) is 37.3 Å². The first-order valence-corrected chi connectivity index (χ1v) is 19.4. The molecule has 0 amide bonds. The van der Waals surface area contributed by atoms with E-state index >= 15 is 0 Å². The van der Waals surface area contributed by atoms with Gasteiger partial charge in [0.2, 0.25) is 23.8 Å². The Morgan fingerprint density at radius 1 is 0.719 bits per heavy atom. The molecule has 4 aromatic rings. The lowest BCUT2D eigenvalue weighted by atomic mass is 9.99. The number of phenolic OH excluding ortho intramolecular Hbond substituents is 5. The van der Waals surface area contributed by atoms with Crippen LogP contribution in [-0.4, -0.2) is 172 Å². The van der Waals surface area contributed by atoms with Gasteiger partial charge in [0.25, 0.3) is 0 Å². The van der Waals surface area contributed by atoms with Crippen molar-refractivity contribution >= 4 is 23.0 Å². The Morgan fingerprint density at radius 3 is 2.09 bits per heavy atom. The number of benzene rings is 3. The molecule has 0 radical (unpaired) electrons. The predicted molar refractivity (Wildman–Crippen MR) is 210 cm³/mol. The first-order valence-electron chi connectivity index (χ1n) is 19.4. The molecule has 23 nitrogen and oxygen atoms in total. The number of hydrogen-bond acceptors (Lipinski definition) is 23. The smallest absolute Gasteiger partial charge is 0.331 e. The lowest BCUT2D eigenvalue weighted by Crippen LogP contribution is -2.63. The number of rotatable bonds is 11. The molecule has 0 aliphatic carbocycles. The van der Waals surface area contributed by atoms with Gasteiger partial charge >= 0.3 is 5.97 Å². The molecule has 3 saturated heterocycles. The third-order valence-corrected chi connectivity index (χ3v) is 10.6. The summed E-state index contributed by atoms with van der Waals surface area (Å²) in [5, 5.41) is 134. The molecule has 13 N–H and O–H groups in total. The second kappa shape index (κ2) is 18.7. The van der Waals surface area contributed by atoms with Gasteiger partial charge in [0.15, 0.2) is 47.3 Å². The van der Waals surface area contributed by atoms with Crippen LogP contribution in [-0.2, 0) is 28.5 Å². The Kier molecular flexibility index (Phi) is 13.5. The van der Waals surface area contributed by atoms with Gasteiger partial charge in [-0.3, -0.25) is 4.79 Å². The number of aliphatic hydroxyl groups is 8. The first-order chi connectivity index (χ1) is 30.4. The molecule has 3 aliphatic heterocycles. The van der Waals surface area contributed by atoms with E-state index in [2.05, 4.69) is 0 Å². The second-order valence-corrected chi connectivity index (χ2v) is 15.1. The predicted octanol–water partition coefficient (Wildman–Crippen LogP) is -1.90. The minimum Gasteiger partial charge on any atom is -0.507 e. The van der Waals surface area contributed by atoms with Crippen LogP contribution >= 0.6 is 0 Å². The van der Waals surface area contributed by atoms with Crippen molar-refractivity contribution < 1.29 is 109 Å². The van der Waals surface area contributed by atoms with E-state index in [0.717, 1.165) is 30.3 Å². The molecule has 3 aliphatic rings. The van der Waals surface area contributed by atoms with E-state index < -0.39 is 156 Å². The van der Waals surface area contributed by atoms with Crippen LogP contribution in [0.4, 0.5) is 0 Å². The normalized spacial score (nSPS) is 32.1. The molecule has 0 bridgehead atoms. The second-order valence-electron chi connectivity index (χ2n) is 15.1. The van der Waals surface area contributed by atoms with Gasteiger partial charge in [-0.15, -0.1) is 0 Å². The minimum atomic E-state index is -2.00. The molecule has 0 saturated carbocycles. The summed E-state index contributed by atoms with van der Waals surface area (Å²) >= 11 is 0.